The van der Waals surface area contributed by atoms with Gasteiger partial charge in [-0.25, -0.2) is 0 Å². The Bertz CT molecular complexity index is 375. The van der Waals surface area contributed by atoms with Crippen LogP contribution in [0.25, 0.3) is 0 Å². The van der Waals surface area contributed by atoms with Crippen LogP contribution in [0.4, 0.5) is 5.69 Å². The molecule has 1 saturated carbocycles. The van der Waals surface area contributed by atoms with E-state index in [0.717, 1.165) is 11.6 Å². The van der Waals surface area contributed by atoms with Gasteiger partial charge in [-0.3, -0.25) is 0 Å². The van der Waals surface area contributed by atoms with Gasteiger partial charge in [0.15, 0.2) is 0 Å². The van der Waals surface area contributed by atoms with Gasteiger partial charge in [-0.05, 0) is 43.7 Å². The zero-order chi connectivity index (χ0) is 12.4. The van der Waals surface area contributed by atoms with E-state index in [4.69, 9.17) is 34.8 Å². The summed E-state index contributed by atoms with van der Waals surface area (Å²) in [4.78, 5) is 0. The third-order valence-electron chi connectivity index (χ3n) is 3.37. The molecule has 1 aliphatic rings. The smallest absolute Gasteiger partial charge is 0.0722 e. The topological polar surface area (TPSA) is 12.0 Å². The fourth-order valence-electron chi connectivity index (χ4n) is 2.29. The molecule has 2 rings (SSSR count). The normalized spacial score (nSPS) is 24.7. The molecule has 1 nitrogen and oxygen atoms in total. The first-order valence-corrected chi connectivity index (χ1v) is 7.10. The SMILES string of the molecule is CC1CCC(Nc2c(Cl)cc(Cl)cc2Cl)CC1. The van der Waals surface area contributed by atoms with Crippen molar-refractivity contribution in [3.8, 4) is 0 Å². The summed E-state index contributed by atoms with van der Waals surface area (Å²) < 4.78 is 0. The number of hydrogen-bond acceptors (Lipinski definition) is 1. The number of nitrogens with one attached hydrogen (secondary N) is 1. The first-order chi connectivity index (χ1) is 8.06. The van der Waals surface area contributed by atoms with Crippen molar-refractivity contribution >= 4 is 40.5 Å². The second-order valence-corrected chi connectivity index (χ2v) is 6.10. The summed E-state index contributed by atoms with van der Waals surface area (Å²) in [5, 5.41) is 5.21. The fraction of sp³-hybridized carbons (Fsp3) is 0.538. The van der Waals surface area contributed by atoms with Gasteiger partial charge in [-0.1, -0.05) is 41.7 Å². The van der Waals surface area contributed by atoms with Gasteiger partial charge in [0.2, 0.25) is 0 Å². The monoisotopic (exact) mass is 291 g/mol. The molecule has 17 heavy (non-hydrogen) atoms. The van der Waals surface area contributed by atoms with Crippen molar-refractivity contribution in [2.45, 2.75) is 38.6 Å². The summed E-state index contributed by atoms with van der Waals surface area (Å²) in [5.74, 6) is 0.837. The Labute approximate surface area is 117 Å². The van der Waals surface area contributed by atoms with Gasteiger partial charge in [0.1, 0.15) is 0 Å². The van der Waals surface area contributed by atoms with Crippen molar-refractivity contribution in [1.29, 1.82) is 0 Å². The third-order valence-corrected chi connectivity index (χ3v) is 4.19. The van der Waals surface area contributed by atoms with Crippen molar-refractivity contribution in [1.82, 2.24) is 0 Å². The third kappa shape index (κ3) is 3.43. The highest BCUT2D eigenvalue weighted by atomic mass is 35.5. The largest absolute Gasteiger partial charge is 0.380 e. The van der Waals surface area contributed by atoms with Crippen LogP contribution in [-0.4, -0.2) is 6.04 Å². The number of benzene rings is 1. The van der Waals surface area contributed by atoms with Crippen LogP contribution in [0.3, 0.4) is 0 Å². The molecule has 0 aliphatic heterocycles. The lowest BCUT2D eigenvalue weighted by atomic mass is 9.87. The number of halogens is 3. The molecule has 0 amide bonds. The molecule has 1 aromatic carbocycles. The second kappa shape index (κ2) is 5.69. The van der Waals surface area contributed by atoms with Crippen molar-refractivity contribution in [2.24, 2.45) is 5.92 Å². The average Bonchev–Trinajstić information content (AvgIpc) is 2.26. The van der Waals surface area contributed by atoms with Crippen molar-refractivity contribution < 1.29 is 0 Å². The Morgan fingerprint density at radius 1 is 1.00 bits per heavy atom. The standard InChI is InChI=1S/C13H16Cl3N/c1-8-2-4-10(5-3-8)17-13-11(15)6-9(14)7-12(13)16/h6-8,10,17H,2-5H2,1H3. The summed E-state index contributed by atoms with van der Waals surface area (Å²) in [5.41, 5.74) is 0.817. The number of anilines is 1. The predicted molar refractivity (Wildman–Crippen MR) is 76.5 cm³/mol. The van der Waals surface area contributed by atoms with Crippen LogP contribution in [0, 0.1) is 5.92 Å². The molecule has 0 radical (unpaired) electrons. The first-order valence-electron chi connectivity index (χ1n) is 5.97. The first kappa shape index (κ1) is 13.3. The Kier molecular flexibility index (Phi) is 4.46. The van der Waals surface area contributed by atoms with Gasteiger partial charge in [0, 0.05) is 11.1 Å². The summed E-state index contributed by atoms with van der Waals surface area (Å²) >= 11 is 18.2. The van der Waals surface area contributed by atoms with E-state index in [1.807, 2.05) is 0 Å². The molecular formula is C13H16Cl3N. The zero-order valence-corrected chi connectivity index (χ0v) is 12.0. The average molecular weight is 293 g/mol. The van der Waals surface area contributed by atoms with Crippen molar-refractivity contribution in [3.63, 3.8) is 0 Å². The second-order valence-electron chi connectivity index (χ2n) is 4.85. The lowest BCUT2D eigenvalue weighted by molar-refractivity contribution is 0.361. The van der Waals surface area contributed by atoms with E-state index in [0.29, 0.717) is 21.1 Å². The highest BCUT2D eigenvalue weighted by Crippen LogP contribution is 2.36. The molecular weight excluding hydrogens is 277 g/mol. The minimum atomic E-state index is 0.474. The highest BCUT2D eigenvalue weighted by Gasteiger charge is 2.19. The lowest BCUT2D eigenvalue weighted by Gasteiger charge is -2.28. The van der Waals surface area contributed by atoms with Crippen molar-refractivity contribution in [3.05, 3.63) is 27.2 Å². The van der Waals surface area contributed by atoms with E-state index in [2.05, 4.69) is 12.2 Å². The van der Waals surface area contributed by atoms with Gasteiger partial charge in [-0.15, -0.1) is 0 Å². The summed E-state index contributed by atoms with van der Waals surface area (Å²) in [6.07, 6.45) is 4.88. The van der Waals surface area contributed by atoms with Gasteiger partial charge >= 0.3 is 0 Å². The molecule has 0 unspecified atom stereocenters. The summed E-state index contributed by atoms with van der Waals surface area (Å²) in [6.45, 7) is 2.30. The molecule has 4 heteroatoms. The quantitative estimate of drug-likeness (QED) is 0.744. The van der Waals surface area contributed by atoms with Gasteiger partial charge in [0.05, 0.1) is 15.7 Å². The predicted octanol–water partition coefficient (Wildman–Crippen LogP) is 5.64. The van der Waals surface area contributed by atoms with E-state index in [1.165, 1.54) is 25.7 Å². The maximum atomic E-state index is 6.15. The molecule has 1 fully saturated rings. The lowest BCUT2D eigenvalue weighted by Crippen LogP contribution is -2.25. The molecule has 0 heterocycles. The molecule has 0 saturated heterocycles. The van der Waals surface area contributed by atoms with E-state index in [-0.39, 0.29) is 0 Å². The van der Waals surface area contributed by atoms with Crippen LogP contribution in [0.1, 0.15) is 32.6 Å². The van der Waals surface area contributed by atoms with Crippen LogP contribution < -0.4 is 5.32 Å². The molecule has 94 valence electrons. The summed E-state index contributed by atoms with van der Waals surface area (Å²) in [7, 11) is 0. The Hall–Kier alpha value is -0.110. The Morgan fingerprint density at radius 2 is 1.53 bits per heavy atom. The molecule has 1 aromatic rings. The van der Waals surface area contributed by atoms with E-state index in [1.54, 1.807) is 12.1 Å². The maximum absolute atomic E-state index is 6.15. The number of rotatable bonds is 2. The molecule has 0 aromatic heterocycles. The maximum Gasteiger partial charge on any atom is 0.0722 e. The zero-order valence-electron chi connectivity index (χ0n) is 9.77. The molecule has 0 atom stereocenters. The van der Waals surface area contributed by atoms with Crippen LogP contribution in [0.2, 0.25) is 15.1 Å². The van der Waals surface area contributed by atoms with Crippen molar-refractivity contribution in [2.75, 3.05) is 5.32 Å². The highest BCUT2D eigenvalue weighted by molar-refractivity contribution is 6.41. The van der Waals surface area contributed by atoms with E-state index >= 15 is 0 Å². The molecule has 1 N–H and O–H groups in total. The molecule has 1 aliphatic carbocycles. The van der Waals surface area contributed by atoms with Crippen LogP contribution in [-0.2, 0) is 0 Å². The minimum Gasteiger partial charge on any atom is -0.380 e. The Balaban J connectivity index is 2.08. The fourth-order valence-corrected chi connectivity index (χ4v) is 3.21. The minimum absolute atomic E-state index is 0.474. The summed E-state index contributed by atoms with van der Waals surface area (Å²) in [6, 6.07) is 3.92. The van der Waals surface area contributed by atoms with Crippen LogP contribution in [0.5, 0.6) is 0 Å². The van der Waals surface area contributed by atoms with Gasteiger partial charge in [0.25, 0.3) is 0 Å². The van der Waals surface area contributed by atoms with Crippen LogP contribution >= 0.6 is 34.8 Å². The number of hydrogen-bond donors (Lipinski definition) is 1. The molecule has 0 bridgehead atoms. The Morgan fingerprint density at radius 3 is 2.06 bits per heavy atom. The van der Waals surface area contributed by atoms with E-state index in [9.17, 15) is 0 Å². The van der Waals surface area contributed by atoms with Gasteiger partial charge < -0.3 is 5.32 Å². The van der Waals surface area contributed by atoms with E-state index < -0.39 is 0 Å². The van der Waals surface area contributed by atoms with Gasteiger partial charge in [-0.2, -0.15) is 0 Å². The molecule has 0 spiro atoms. The van der Waals surface area contributed by atoms with Crippen LogP contribution in [0.15, 0.2) is 12.1 Å².